The summed E-state index contributed by atoms with van der Waals surface area (Å²) in [5.41, 5.74) is 12.1. The van der Waals surface area contributed by atoms with Gasteiger partial charge < -0.3 is 5.11 Å². The molecule has 291 valence electrons. The maximum atomic E-state index is 10.5. The number of hydrogen-bond donors (Lipinski definition) is 1. The largest absolute Gasteiger partial charge is 0.507 e. The zero-order valence-corrected chi connectivity index (χ0v) is 35.3. The third kappa shape index (κ3) is 8.63. The molecule has 4 nitrogen and oxygen atoms in total. The van der Waals surface area contributed by atoms with E-state index in [4.69, 9.17) is 9.10 Å². The quantitative estimate of drug-likeness (QED) is 0.162. The number of phenols is 1. The van der Waals surface area contributed by atoms with Crippen LogP contribution in [0.4, 0.5) is 0 Å². The van der Waals surface area contributed by atoms with E-state index in [2.05, 4.69) is 82.8 Å². The molecule has 0 aliphatic rings. The van der Waals surface area contributed by atoms with Crippen molar-refractivity contribution in [2.24, 2.45) is 0 Å². The molecular weight excluding hydrogens is 931 g/mol. The minimum Gasteiger partial charge on any atom is -0.507 e. The summed E-state index contributed by atoms with van der Waals surface area (Å²) < 4.78 is 25.7. The van der Waals surface area contributed by atoms with Gasteiger partial charge in [-0.05, 0) is 70.4 Å². The monoisotopic (exact) mass is 971 g/mol. The van der Waals surface area contributed by atoms with Gasteiger partial charge >= 0.3 is 0 Å². The van der Waals surface area contributed by atoms with Gasteiger partial charge in [0.05, 0.1) is 5.69 Å². The van der Waals surface area contributed by atoms with Crippen LogP contribution in [0.15, 0.2) is 200 Å². The molecule has 0 aliphatic carbocycles. The Labute approximate surface area is 372 Å². The fourth-order valence-corrected chi connectivity index (χ4v) is 8.18. The maximum absolute atomic E-state index is 10.5. The zero-order chi connectivity index (χ0) is 42.5. The molecule has 6 aromatic carbocycles. The fraction of sp³-hybridized carbons (Fsp3) is 0.0185. The van der Waals surface area contributed by atoms with Gasteiger partial charge in [-0.1, -0.05) is 138 Å². The van der Waals surface area contributed by atoms with Gasteiger partial charge in [0, 0.05) is 68.8 Å². The number of aromatic nitrogens is 3. The second kappa shape index (κ2) is 18.4. The van der Waals surface area contributed by atoms with Crippen molar-refractivity contribution in [1.82, 2.24) is 15.0 Å². The SMILES string of the molecule is [2H]C([2H])([2H])c1c(-c2ccccc2)sc2c(-c3[c-]cccc3)nc(-c3ccccc3O)cc12.[Ir].[c-]1c(-c2ccccn2)cc(-c2ccc(-c3ccccc3)cc2)cc1-c1ccccn1. The van der Waals surface area contributed by atoms with E-state index in [0.29, 0.717) is 32.8 Å². The average Bonchev–Trinajstić information content (AvgIpc) is 3.74. The Bertz CT molecular complexity index is 3040. The minimum atomic E-state index is -2.32. The van der Waals surface area contributed by atoms with Crippen molar-refractivity contribution in [3.05, 3.63) is 218 Å². The van der Waals surface area contributed by atoms with E-state index in [0.717, 1.165) is 49.5 Å². The predicted molar refractivity (Wildman–Crippen MR) is 244 cm³/mol. The number of rotatable bonds is 7. The van der Waals surface area contributed by atoms with E-state index in [-0.39, 0.29) is 25.9 Å². The van der Waals surface area contributed by atoms with E-state index in [1.54, 1.807) is 24.3 Å². The van der Waals surface area contributed by atoms with Crippen LogP contribution in [-0.4, -0.2) is 20.1 Å². The third-order valence-corrected chi connectivity index (χ3v) is 11.2. The molecule has 1 radical (unpaired) electrons. The molecule has 10 aromatic rings. The van der Waals surface area contributed by atoms with Gasteiger partial charge in [0.2, 0.25) is 0 Å². The summed E-state index contributed by atoms with van der Waals surface area (Å²) in [4.78, 5) is 14.6. The molecule has 0 aliphatic heterocycles. The molecule has 0 spiro atoms. The molecule has 10 rings (SSSR count). The summed E-state index contributed by atoms with van der Waals surface area (Å²) >= 11 is 1.43. The maximum Gasteiger partial charge on any atom is 0.124 e. The van der Waals surface area contributed by atoms with Gasteiger partial charge in [-0.25, -0.2) is 0 Å². The number of hydrogen-bond acceptors (Lipinski definition) is 5. The summed E-state index contributed by atoms with van der Waals surface area (Å²) in [6.07, 6.45) is 3.62. The molecule has 0 saturated carbocycles. The van der Waals surface area contributed by atoms with Crippen LogP contribution in [0.2, 0.25) is 0 Å². The average molecular weight is 971 g/mol. The van der Waals surface area contributed by atoms with Gasteiger partial charge in [-0.2, -0.15) is 0 Å². The molecule has 6 heteroatoms. The first-order valence-electron chi connectivity index (χ1n) is 20.6. The number of aryl methyl sites for hydroxylation is 1. The molecule has 60 heavy (non-hydrogen) atoms. The summed E-state index contributed by atoms with van der Waals surface area (Å²) in [5, 5.41) is 11.1. The molecule has 0 amide bonds. The van der Waals surface area contributed by atoms with Crippen LogP contribution in [0.25, 0.3) is 87.8 Å². The standard InChI is InChI=1S/C28H19N2.C26H18NOS.Ir/c1-2-8-21(9-3-1)22-12-14-23(15-13-22)24-18-25(27-10-4-6-16-29-27)20-26(19-24)28-11-5-7-17-30-28;1-17-21-16-22(20-14-8-9-15-23(20)28)27-24(18-10-4-2-5-11-18)26(21)29-25(17)19-12-6-3-7-13-19;/h1-19H;2-10,12-16,28H,1H3;/q2*-1;/i;1D3;. The first-order chi connectivity index (χ1) is 30.3. The number of pyridine rings is 3. The number of nitrogens with zero attached hydrogens (tertiary/aromatic N) is 3. The Kier molecular flexibility index (Phi) is 11.1. The third-order valence-electron chi connectivity index (χ3n) is 9.93. The topological polar surface area (TPSA) is 58.9 Å². The summed E-state index contributed by atoms with van der Waals surface area (Å²) in [6, 6.07) is 67.8. The van der Waals surface area contributed by atoms with Crippen LogP contribution in [0.1, 0.15) is 9.68 Å². The fourth-order valence-electron chi connectivity index (χ4n) is 6.98. The molecule has 0 bridgehead atoms. The molecule has 0 fully saturated rings. The van der Waals surface area contributed by atoms with Crippen LogP contribution in [0, 0.1) is 19.0 Å². The zero-order valence-electron chi connectivity index (χ0n) is 35.1. The molecule has 0 saturated heterocycles. The molecule has 0 atom stereocenters. The van der Waals surface area contributed by atoms with Crippen LogP contribution < -0.4 is 0 Å². The van der Waals surface area contributed by atoms with Gasteiger partial charge in [-0.3, -0.25) is 15.0 Å². The van der Waals surface area contributed by atoms with E-state index in [1.807, 2.05) is 116 Å². The molecule has 1 N–H and O–H groups in total. The predicted octanol–water partition coefficient (Wildman–Crippen LogP) is 14.1. The van der Waals surface area contributed by atoms with E-state index in [1.165, 1.54) is 22.5 Å². The summed E-state index contributed by atoms with van der Waals surface area (Å²) in [7, 11) is 0. The van der Waals surface area contributed by atoms with Crippen molar-refractivity contribution >= 4 is 21.4 Å². The van der Waals surface area contributed by atoms with Crippen LogP contribution >= 0.6 is 11.3 Å². The van der Waals surface area contributed by atoms with Crippen molar-refractivity contribution in [3.8, 4) is 83.5 Å². The van der Waals surface area contributed by atoms with Crippen LogP contribution in [0.5, 0.6) is 5.75 Å². The van der Waals surface area contributed by atoms with Crippen molar-refractivity contribution in [1.29, 1.82) is 0 Å². The number of fused-ring (bicyclic) bond motifs is 1. The van der Waals surface area contributed by atoms with E-state index >= 15 is 0 Å². The number of para-hydroxylation sites is 1. The number of phenolic OH excluding ortho intramolecular Hbond substituents is 1. The van der Waals surface area contributed by atoms with Crippen LogP contribution in [-0.2, 0) is 20.1 Å². The Morgan fingerprint density at radius 2 is 1.10 bits per heavy atom. The van der Waals surface area contributed by atoms with E-state index < -0.39 is 6.85 Å². The summed E-state index contributed by atoms with van der Waals surface area (Å²) in [5.74, 6) is 0.0938. The molecule has 4 heterocycles. The number of thiophene rings is 1. The number of aromatic hydroxyl groups is 1. The van der Waals surface area contributed by atoms with Crippen LogP contribution in [0.3, 0.4) is 0 Å². The first kappa shape index (κ1) is 36.3. The van der Waals surface area contributed by atoms with Crippen molar-refractivity contribution < 1.29 is 29.3 Å². The molecular formula is C54H37IrN3OS-2. The molecule has 0 unspecified atom stereocenters. The Hall–Kier alpha value is -6.82. The normalized spacial score (nSPS) is 11.6. The minimum absolute atomic E-state index is 0. The van der Waals surface area contributed by atoms with Gasteiger partial charge in [0.15, 0.2) is 0 Å². The van der Waals surface area contributed by atoms with Gasteiger partial charge in [-0.15, -0.1) is 65.4 Å². The van der Waals surface area contributed by atoms with Crippen molar-refractivity contribution in [3.63, 3.8) is 0 Å². The van der Waals surface area contributed by atoms with E-state index in [9.17, 15) is 5.11 Å². The number of benzene rings is 6. The smallest absolute Gasteiger partial charge is 0.124 e. The Morgan fingerprint density at radius 3 is 1.68 bits per heavy atom. The van der Waals surface area contributed by atoms with Crippen molar-refractivity contribution in [2.75, 3.05) is 0 Å². The Balaban J connectivity index is 0.000000170. The van der Waals surface area contributed by atoms with Gasteiger partial charge in [0.25, 0.3) is 0 Å². The Morgan fingerprint density at radius 1 is 0.533 bits per heavy atom. The second-order valence-corrected chi connectivity index (χ2v) is 14.8. The summed E-state index contributed by atoms with van der Waals surface area (Å²) in [6.45, 7) is -2.32. The van der Waals surface area contributed by atoms with Gasteiger partial charge in [0.1, 0.15) is 5.75 Å². The molecule has 4 aromatic heterocycles. The van der Waals surface area contributed by atoms with Crippen molar-refractivity contribution in [2.45, 2.75) is 6.85 Å². The second-order valence-electron chi connectivity index (χ2n) is 13.8. The first-order valence-corrected chi connectivity index (χ1v) is 20.0.